The number of halogens is 2. The number of hydrogen-bond acceptors (Lipinski definition) is 0. The van der Waals surface area contributed by atoms with Crippen LogP contribution in [0.5, 0.6) is 0 Å². The quantitative estimate of drug-likeness (QED) is 0.376. The molecule has 0 saturated heterocycles. The molecule has 0 aliphatic heterocycles. The zero-order chi connectivity index (χ0) is 12.4. The molecule has 0 unspecified atom stereocenters. The van der Waals surface area contributed by atoms with Gasteiger partial charge in [0.25, 0.3) is 0 Å². The third kappa shape index (κ3) is 4.93. The Balaban J connectivity index is 0.00000162. The molecular formula is C16H24Br2Hf. The molecular weight excluding hydrogens is 530 g/mol. The summed E-state index contributed by atoms with van der Waals surface area (Å²) in [4.78, 5) is 0. The standard InChI is InChI=1S/2C8H11.2BrH.Hf/c2*1-7(2)8-5-3-4-6-8;;;/h2*3,5,7H,4H2,1-2H3;2*1H;. The van der Waals surface area contributed by atoms with Crippen LogP contribution in [0.4, 0.5) is 0 Å². The zero-order valence-electron chi connectivity index (χ0n) is 12.2. The number of hydrogen-bond donors (Lipinski definition) is 0. The SMILES string of the molecule is Br.Br.CC(C)C1=[C]([Hf][C]2=C(C(C)C)C=CC2)CC=C1. The van der Waals surface area contributed by atoms with Crippen LogP contribution in [-0.2, 0) is 22.9 Å². The van der Waals surface area contributed by atoms with Crippen LogP contribution in [-0.4, -0.2) is 0 Å². The number of rotatable bonds is 4. The van der Waals surface area contributed by atoms with E-state index in [-0.39, 0.29) is 34.0 Å². The van der Waals surface area contributed by atoms with E-state index in [9.17, 15) is 0 Å². The molecule has 2 aliphatic carbocycles. The van der Waals surface area contributed by atoms with Gasteiger partial charge in [0.1, 0.15) is 0 Å². The van der Waals surface area contributed by atoms with Gasteiger partial charge in [-0.25, -0.2) is 0 Å². The molecule has 0 nitrogen and oxygen atoms in total. The van der Waals surface area contributed by atoms with Gasteiger partial charge in [-0.2, -0.15) is 0 Å². The maximum absolute atomic E-state index is 2.38. The Morgan fingerprint density at radius 3 is 1.47 bits per heavy atom. The van der Waals surface area contributed by atoms with Gasteiger partial charge in [-0.1, -0.05) is 0 Å². The third-order valence-electron chi connectivity index (χ3n) is 3.48. The molecule has 0 atom stereocenters. The van der Waals surface area contributed by atoms with Gasteiger partial charge in [0.2, 0.25) is 0 Å². The summed E-state index contributed by atoms with van der Waals surface area (Å²) in [6.45, 7) is 9.33. The Kier molecular flexibility index (Phi) is 9.31. The van der Waals surface area contributed by atoms with Gasteiger partial charge in [-0.05, 0) is 0 Å². The summed E-state index contributed by atoms with van der Waals surface area (Å²) < 4.78 is 3.69. The van der Waals surface area contributed by atoms with E-state index in [1.54, 1.807) is 11.1 Å². The van der Waals surface area contributed by atoms with Gasteiger partial charge >= 0.3 is 117 Å². The molecule has 0 fully saturated rings. The van der Waals surface area contributed by atoms with Crippen LogP contribution in [0.1, 0.15) is 40.5 Å². The monoisotopic (exact) mass is 554 g/mol. The molecule has 19 heavy (non-hydrogen) atoms. The fourth-order valence-electron chi connectivity index (χ4n) is 2.55. The molecule has 0 saturated carbocycles. The Morgan fingerprint density at radius 2 is 1.16 bits per heavy atom. The van der Waals surface area contributed by atoms with Crippen molar-refractivity contribution in [1.82, 2.24) is 0 Å². The van der Waals surface area contributed by atoms with Crippen molar-refractivity contribution in [2.45, 2.75) is 40.5 Å². The van der Waals surface area contributed by atoms with Gasteiger partial charge in [0.15, 0.2) is 0 Å². The molecule has 0 spiro atoms. The van der Waals surface area contributed by atoms with Crippen LogP contribution in [0.3, 0.4) is 0 Å². The summed E-state index contributed by atoms with van der Waals surface area (Å²) in [5.41, 5.74) is 3.33. The molecule has 2 rings (SSSR count). The molecule has 0 radical (unpaired) electrons. The van der Waals surface area contributed by atoms with Crippen molar-refractivity contribution in [3.05, 3.63) is 42.1 Å². The van der Waals surface area contributed by atoms with Crippen LogP contribution >= 0.6 is 34.0 Å². The van der Waals surface area contributed by atoms with E-state index >= 15 is 0 Å². The van der Waals surface area contributed by atoms with E-state index in [1.165, 1.54) is 12.8 Å². The van der Waals surface area contributed by atoms with Crippen LogP contribution in [0.15, 0.2) is 42.1 Å². The Hall–Kier alpha value is 0.790. The van der Waals surface area contributed by atoms with Crippen molar-refractivity contribution in [2.75, 3.05) is 0 Å². The van der Waals surface area contributed by atoms with E-state index in [1.807, 2.05) is 6.66 Å². The maximum atomic E-state index is 2.38. The first kappa shape index (κ1) is 19.8. The first-order chi connectivity index (χ1) is 8.09. The first-order valence-corrected chi connectivity index (χ1v) is 10.2. The van der Waals surface area contributed by atoms with Gasteiger partial charge in [-0.15, -0.1) is 34.0 Å². The van der Waals surface area contributed by atoms with Crippen molar-refractivity contribution in [1.29, 1.82) is 0 Å². The van der Waals surface area contributed by atoms with Crippen molar-refractivity contribution in [2.24, 2.45) is 11.8 Å². The molecule has 2 aliphatic rings. The number of allylic oxidation sites excluding steroid dienone is 8. The summed E-state index contributed by atoms with van der Waals surface area (Å²) in [5, 5.41) is 0. The Labute approximate surface area is 150 Å². The van der Waals surface area contributed by atoms with Crippen molar-refractivity contribution < 1.29 is 22.9 Å². The van der Waals surface area contributed by atoms with Crippen molar-refractivity contribution in [3.8, 4) is 0 Å². The minimum absolute atomic E-state index is 0. The van der Waals surface area contributed by atoms with Crippen LogP contribution < -0.4 is 0 Å². The molecule has 3 heteroatoms. The molecule has 0 heterocycles. The average molecular weight is 555 g/mol. The topological polar surface area (TPSA) is 0 Å². The summed E-state index contributed by atoms with van der Waals surface area (Å²) in [7, 11) is 0. The van der Waals surface area contributed by atoms with Crippen molar-refractivity contribution >= 4 is 34.0 Å². The van der Waals surface area contributed by atoms with Gasteiger partial charge in [-0.3, -0.25) is 0 Å². The van der Waals surface area contributed by atoms with Gasteiger partial charge in [0, 0.05) is 0 Å². The van der Waals surface area contributed by atoms with Crippen LogP contribution in [0.2, 0.25) is 0 Å². The Morgan fingerprint density at radius 1 is 0.789 bits per heavy atom. The summed E-state index contributed by atoms with van der Waals surface area (Å²) in [6.07, 6.45) is 12.0. The first-order valence-electron chi connectivity index (χ1n) is 6.65. The second kappa shape index (κ2) is 8.94. The summed E-state index contributed by atoms with van der Waals surface area (Å²) in [6, 6.07) is 0. The van der Waals surface area contributed by atoms with Gasteiger partial charge in [0.05, 0.1) is 0 Å². The molecule has 0 aromatic carbocycles. The molecule has 0 bridgehead atoms. The zero-order valence-corrected chi connectivity index (χ0v) is 19.2. The predicted molar refractivity (Wildman–Crippen MR) is 91.9 cm³/mol. The van der Waals surface area contributed by atoms with E-state index in [0.29, 0.717) is 11.8 Å². The van der Waals surface area contributed by atoms with Crippen LogP contribution in [0.25, 0.3) is 0 Å². The minimum atomic E-state index is -0.733. The third-order valence-corrected chi connectivity index (χ3v) is 9.19. The van der Waals surface area contributed by atoms with E-state index in [4.69, 9.17) is 0 Å². The van der Waals surface area contributed by atoms with E-state index in [2.05, 4.69) is 52.0 Å². The van der Waals surface area contributed by atoms with Gasteiger partial charge < -0.3 is 0 Å². The molecule has 0 aromatic heterocycles. The van der Waals surface area contributed by atoms with Crippen molar-refractivity contribution in [3.63, 3.8) is 0 Å². The normalized spacial score (nSPS) is 17.4. The van der Waals surface area contributed by atoms with Crippen LogP contribution in [0, 0.1) is 11.8 Å². The predicted octanol–water partition coefficient (Wildman–Crippen LogP) is 5.96. The summed E-state index contributed by atoms with van der Waals surface area (Å²) in [5.74, 6) is 1.43. The molecule has 0 N–H and O–H groups in total. The van der Waals surface area contributed by atoms with E-state index < -0.39 is 22.9 Å². The molecule has 0 aromatic rings. The summed E-state index contributed by atoms with van der Waals surface area (Å²) >= 11 is -0.733. The second-order valence-electron chi connectivity index (χ2n) is 5.52. The molecule has 106 valence electrons. The Bertz CT molecular complexity index is 386. The fraction of sp³-hybridized carbons (Fsp3) is 0.500. The van der Waals surface area contributed by atoms with E-state index in [0.717, 1.165) is 0 Å². The molecule has 0 amide bonds. The second-order valence-corrected chi connectivity index (χ2v) is 10.8. The fourth-order valence-corrected chi connectivity index (χ4v) is 9.15. The average Bonchev–Trinajstić information content (AvgIpc) is 2.86.